The summed E-state index contributed by atoms with van der Waals surface area (Å²) in [5, 5.41) is 1.95. The molecule has 1 fully saturated rings. The standard InChI is InChI=1S/C14H14ClIN2OS2/c15-12-2-1-11(21-12)8-17-3-5-18(6-4-17)14(19)10-7-13(16)20-9-10/h1-2,7,9H,3-6,8H2. The van der Waals surface area contributed by atoms with Crippen LogP contribution >= 0.6 is 56.9 Å². The van der Waals surface area contributed by atoms with Crippen LogP contribution in [-0.2, 0) is 6.54 Å². The fourth-order valence-corrected chi connectivity index (χ4v) is 4.82. The lowest BCUT2D eigenvalue weighted by molar-refractivity contribution is 0.0630. The Kier molecular flexibility index (Phi) is 5.21. The second-order valence-corrected chi connectivity index (χ2v) is 9.52. The highest BCUT2D eigenvalue weighted by Crippen LogP contribution is 2.23. The molecular weight excluding hydrogens is 439 g/mol. The van der Waals surface area contributed by atoms with Crippen LogP contribution in [0.1, 0.15) is 15.2 Å². The molecule has 1 amide bonds. The largest absolute Gasteiger partial charge is 0.336 e. The molecule has 0 unspecified atom stereocenters. The van der Waals surface area contributed by atoms with Gasteiger partial charge in [-0.3, -0.25) is 9.69 Å². The van der Waals surface area contributed by atoms with Gasteiger partial charge in [0.15, 0.2) is 0 Å². The second-order valence-electron chi connectivity index (χ2n) is 4.91. The van der Waals surface area contributed by atoms with Gasteiger partial charge in [0.05, 0.1) is 12.8 Å². The van der Waals surface area contributed by atoms with E-state index in [1.807, 2.05) is 22.4 Å². The van der Waals surface area contributed by atoms with E-state index >= 15 is 0 Å². The number of rotatable bonds is 3. The van der Waals surface area contributed by atoms with Crippen LogP contribution in [0, 0.1) is 2.88 Å². The maximum absolute atomic E-state index is 12.4. The molecule has 0 radical (unpaired) electrons. The first-order valence-electron chi connectivity index (χ1n) is 6.62. The van der Waals surface area contributed by atoms with E-state index in [0.717, 1.165) is 45.5 Å². The third kappa shape index (κ3) is 3.98. The minimum absolute atomic E-state index is 0.160. The van der Waals surface area contributed by atoms with Gasteiger partial charge in [0, 0.05) is 43.0 Å². The van der Waals surface area contributed by atoms with Crippen molar-refractivity contribution in [2.24, 2.45) is 0 Å². The monoisotopic (exact) mass is 452 g/mol. The van der Waals surface area contributed by atoms with E-state index in [1.54, 1.807) is 22.7 Å². The van der Waals surface area contributed by atoms with E-state index in [1.165, 1.54) is 4.88 Å². The Balaban J connectivity index is 1.54. The zero-order valence-corrected chi connectivity index (χ0v) is 15.8. The van der Waals surface area contributed by atoms with Gasteiger partial charge in [-0.25, -0.2) is 0 Å². The second kappa shape index (κ2) is 6.95. The molecule has 2 aromatic rings. The summed E-state index contributed by atoms with van der Waals surface area (Å²) in [5.41, 5.74) is 0.822. The Labute approximate surface area is 150 Å². The Morgan fingerprint density at radius 2 is 2.05 bits per heavy atom. The first-order chi connectivity index (χ1) is 10.1. The molecule has 0 atom stereocenters. The van der Waals surface area contributed by atoms with Crippen molar-refractivity contribution in [3.8, 4) is 0 Å². The smallest absolute Gasteiger partial charge is 0.254 e. The lowest BCUT2D eigenvalue weighted by Crippen LogP contribution is -2.48. The van der Waals surface area contributed by atoms with Crippen molar-refractivity contribution in [1.82, 2.24) is 9.80 Å². The summed E-state index contributed by atoms with van der Waals surface area (Å²) in [4.78, 5) is 18.0. The molecule has 1 aliphatic heterocycles. The Bertz CT molecular complexity index is 634. The number of amides is 1. The van der Waals surface area contributed by atoms with E-state index in [2.05, 4.69) is 33.6 Å². The average Bonchev–Trinajstić information content (AvgIpc) is 3.08. The van der Waals surface area contributed by atoms with Gasteiger partial charge in [-0.1, -0.05) is 11.6 Å². The first kappa shape index (κ1) is 15.7. The summed E-state index contributed by atoms with van der Waals surface area (Å²) >= 11 is 11.5. The molecule has 1 saturated heterocycles. The number of halogens is 2. The molecule has 3 heterocycles. The van der Waals surface area contributed by atoms with E-state index < -0.39 is 0 Å². The van der Waals surface area contributed by atoms with Crippen LogP contribution in [0.4, 0.5) is 0 Å². The highest BCUT2D eigenvalue weighted by molar-refractivity contribution is 14.1. The minimum atomic E-state index is 0.160. The summed E-state index contributed by atoms with van der Waals surface area (Å²) in [7, 11) is 0. The molecule has 0 N–H and O–H groups in total. The maximum atomic E-state index is 12.4. The van der Waals surface area contributed by atoms with Crippen molar-refractivity contribution in [1.29, 1.82) is 0 Å². The Morgan fingerprint density at radius 3 is 2.62 bits per heavy atom. The van der Waals surface area contributed by atoms with E-state index in [4.69, 9.17) is 11.6 Å². The van der Waals surface area contributed by atoms with Crippen molar-refractivity contribution in [2.75, 3.05) is 26.2 Å². The van der Waals surface area contributed by atoms with Gasteiger partial charge in [0.1, 0.15) is 0 Å². The van der Waals surface area contributed by atoms with Gasteiger partial charge in [0.25, 0.3) is 5.91 Å². The zero-order chi connectivity index (χ0) is 14.8. The molecule has 1 aliphatic rings. The number of piperazine rings is 1. The Morgan fingerprint density at radius 1 is 1.29 bits per heavy atom. The quantitative estimate of drug-likeness (QED) is 0.657. The molecule has 7 heteroatoms. The summed E-state index contributed by atoms with van der Waals surface area (Å²) < 4.78 is 2.00. The average molecular weight is 453 g/mol. The first-order valence-corrected chi connectivity index (χ1v) is 9.77. The van der Waals surface area contributed by atoms with Crippen molar-refractivity contribution < 1.29 is 4.79 Å². The van der Waals surface area contributed by atoms with Crippen molar-refractivity contribution in [3.05, 3.63) is 41.2 Å². The molecule has 0 bridgehead atoms. The molecule has 3 rings (SSSR count). The summed E-state index contributed by atoms with van der Waals surface area (Å²) in [6.45, 7) is 4.36. The molecule has 112 valence electrons. The van der Waals surface area contributed by atoms with Crippen molar-refractivity contribution in [3.63, 3.8) is 0 Å². The van der Waals surface area contributed by atoms with Crippen molar-refractivity contribution >= 4 is 62.8 Å². The fraction of sp³-hybridized carbons (Fsp3) is 0.357. The van der Waals surface area contributed by atoms with Crippen LogP contribution in [0.25, 0.3) is 0 Å². The molecule has 0 aromatic carbocycles. The summed E-state index contributed by atoms with van der Waals surface area (Å²) in [5.74, 6) is 0.160. The number of hydrogen-bond donors (Lipinski definition) is 0. The number of carbonyl (C=O) groups excluding carboxylic acids is 1. The van der Waals surface area contributed by atoms with Gasteiger partial charge in [-0.05, 0) is 40.8 Å². The zero-order valence-electron chi connectivity index (χ0n) is 11.2. The normalized spacial score (nSPS) is 16.4. The lowest BCUT2D eigenvalue weighted by Gasteiger charge is -2.34. The van der Waals surface area contributed by atoms with Crippen LogP contribution in [0.2, 0.25) is 4.34 Å². The predicted octanol–water partition coefficient (Wildman–Crippen LogP) is 4.03. The minimum Gasteiger partial charge on any atom is -0.336 e. The Hall–Kier alpha value is -0.150. The number of carbonyl (C=O) groups is 1. The van der Waals surface area contributed by atoms with Gasteiger partial charge in [-0.2, -0.15) is 0 Å². The van der Waals surface area contributed by atoms with Crippen LogP contribution in [-0.4, -0.2) is 41.9 Å². The van der Waals surface area contributed by atoms with Crippen LogP contribution in [0.15, 0.2) is 23.6 Å². The topological polar surface area (TPSA) is 23.6 Å². The van der Waals surface area contributed by atoms with Gasteiger partial charge >= 0.3 is 0 Å². The van der Waals surface area contributed by atoms with E-state index in [-0.39, 0.29) is 5.91 Å². The summed E-state index contributed by atoms with van der Waals surface area (Å²) in [6.07, 6.45) is 0. The van der Waals surface area contributed by atoms with Crippen molar-refractivity contribution in [2.45, 2.75) is 6.54 Å². The molecule has 0 aliphatic carbocycles. The third-order valence-corrected chi connectivity index (χ3v) is 6.49. The molecule has 2 aromatic heterocycles. The molecule has 3 nitrogen and oxygen atoms in total. The lowest BCUT2D eigenvalue weighted by atomic mass is 10.2. The highest BCUT2D eigenvalue weighted by atomic mass is 127. The molecule has 21 heavy (non-hydrogen) atoms. The predicted molar refractivity (Wildman–Crippen MR) is 97.5 cm³/mol. The van der Waals surface area contributed by atoms with Gasteiger partial charge < -0.3 is 4.90 Å². The van der Waals surface area contributed by atoms with E-state index in [0.29, 0.717) is 0 Å². The van der Waals surface area contributed by atoms with Crippen LogP contribution in [0.3, 0.4) is 0 Å². The molecule has 0 saturated carbocycles. The molecule has 0 spiro atoms. The summed E-state index contributed by atoms with van der Waals surface area (Å²) in [6, 6.07) is 5.99. The third-order valence-electron chi connectivity index (χ3n) is 3.48. The SMILES string of the molecule is O=C(c1csc(I)c1)N1CCN(Cc2ccc(Cl)s2)CC1. The van der Waals surface area contributed by atoms with E-state index in [9.17, 15) is 4.79 Å². The number of thiophene rings is 2. The number of hydrogen-bond acceptors (Lipinski definition) is 4. The molecular formula is C14H14ClIN2OS2. The van der Waals surface area contributed by atoms with Crippen LogP contribution < -0.4 is 0 Å². The van der Waals surface area contributed by atoms with Gasteiger partial charge in [-0.15, -0.1) is 22.7 Å². The fourth-order valence-electron chi connectivity index (χ4n) is 2.37. The number of nitrogens with zero attached hydrogens (tertiary/aromatic N) is 2. The maximum Gasteiger partial charge on any atom is 0.254 e. The van der Waals surface area contributed by atoms with Crippen LogP contribution in [0.5, 0.6) is 0 Å². The van der Waals surface area contributed by atoms with Gasteiger partial charge in [0.2, 0.25) is 0 Å². The highest BCUT2D eigenvalue weighted by Gasteiger charge is 2.23.